The lowest BCUT2D eigenvalue weighted by molar-refractivity contribution is -0.152. The number of hydrogen-bond donors (Lipinski definition) is 0. The molecule has 0 bridgehead atoms. The van der Waals surface area contributed by atoms with E-state index in [2.05, 4.69) is 12.1 Å². The first kappa shape index (κ1) is 20.3. The summed E-state index contributed by atoms with van der Waals surface area (Å²) in [5, 5.41) is 0. The maximum absolute atomic E-state index is 13.4. The van der Waals surface area contributed by atoms with Crippen molar-refractivity contribution in [2.75, 3.05) is 25.4 Å². The molecule has 1 amide bonds. The van der Waals surface area contributed by atoms with Crippen molar-refractivity contribution in [3.8, 4) is 0 Å². The molecule has 150 valence electrons. The van der Waals surface area contributed by atoms with E-state index in [0.717, 1.165) is 51.6 Å². The maximum Gasteiger partial charge on any atom is 0.230 e. The lowest BCUT2D eigenvalue weighted by Crippen LogP contribution is -2.61. The van der Waals surface area contributed by atoms with Gasteiger partial charge >= 0.3 is 0 Å². The van der Waals surface area contributed by atoms with E-state index in [4.69, 9.17) is 0 Å². The number of aryl methyl sites for hydroxylation is 1. The van der Waals surface area contributed by atoms with Crippen LogP contribution in [-0.2, 0) is 21.2 Å². The van der Waals surface area contributed by atoms with Crippen LogP contribution in [0.15, 0.2) is 30.3 Å². The summed E-state index contributed by atoms with van der Waals surface area (Å²) in [4.78, 5) is 15.4. The van der Waals surface area contributed by atoms with Gasteiger partial charge in [0.15, 0.2) is 0 Å². The van der Waals surface area contributed by atoms with E-state index in [1.165, 1.54) is 5.56 Å². The summed E-state index contributed by atoms with van der Waals surface area (Å²) in [6.07, 6.45) is 5.24. The number of carbonyl (C=O) groups is 1. The van der Waals surface area contributed by atoms with Crippen LogP contribution in [0.3, 0.4) is 0 Å². The maximum atomic E-state index is 13.4. The summed E-state index contributed by atoms with van der Waals surface area (Å²) < 4.78 is 26.6. The predicted molar refractivity (Wildman–Crippen MR) is 108 cm³/mol. The smallest absolute Gasteiger partial charge is 0.230 e. The zero-order valence-electron chi connectivity index (χ0n) is 16.6. The lowest BCUT2D eigenvalue weighted by Gasteiger charge is -2.51. The first-order chi connectivity index (χ1) is 12.9. The van der Waals surface area contributed by atoms with E-state index >= 15 is 0 Å². The van der Waals surface area contributed by atoms with E-state index < -0.39 is 15.4 Å². The Bertz CT molecular complexity index is 746. The fourth-order valence-corrected chi connectivity index (χ4v) is 6.26. The highest BCUT2D eigenvalue weighted by molar-refractivity contribution is 7.89. The summed E-state index contributed by atoms with van der Waals surface area (Å²) in [6, 6.07) is 10.1. The SMILES string of the molecule is CCS(=O)(=O)N1CCC[C@@]2(CCCN(CCCc3ccccc3)C2=O)[C@@H]1C. The molecule has 6 heteroatoms. The number of amides is 1. The monoisotopic (exact) mass is 392 g/mol. The third kappa shape index (κ3) is 4.06. The Labute approximate surface area is 163 Å². The number of rotatable bonds is 6. The van der Waals surface area contributed by atoms with Crippen molar-refractivity contribution in [1.29, 1.82) is 0 Å². The summed E-state index contributed by atoms with van der Waals surface area (Å²) in [5.41, 5.74) is 0.758. The number of hydrogen-bond acceptors (Lipinski definition) is 3. The largest absolute Gasteiger partial charge is 0.342 e. The molecule has 2 atom stereocenters. The van der Waals surface area contributed by atoms with Crippen molar-refractivity contribution >= 4 is 15.9 Å². The van der Waals surface area contributed by atoms with Crippen LogP contribution in [-0.4, -0.2) is 55.0 Å². The van der Waals surface area contributed by atoms with Gasteiger partial charge in [-0.15, -0.1) is 0 Å². The van der Waals surface area contributed by atoms with Crippen LogP contribution in [0.2, 0.25) is 0 Å². The minimum Gasteiger partial charge on any atom is -0.342 e. The van der Waals surface area contributed by atoms with Gasteiger partial charge in [0.05, 0.1) is 11.2 Å². The molecule has 2 aliphatic rings. The fourth-order valence-electron chi connectivity index (χ4n) is 4.83. The third-order valence-corrected chi connectivity index (χ3v) is 8.40. The van der Waals surface area contributed by atoms with Crippen molar-refractivity contribution in [3.05, 3.63) is 35.9 Å². The molecule has 1 aromatic carbocycles. The van der Waals surface area contributed by atoms with Gasteiger partial charge in [0.1, 0.15) is 0 Å². The molecular formula is C21H32N2O3S. The Kier molecular flexibility index (Phi) is 6.26. The van der Waals surface area contributed by atoms with Crippen LogP contribution in [0.4, 0.5) is 0 Å². The highest BCUT2D eigenvalue weighted by atomic mass is 32.2. The van der Waals surface area contributed by atoms with Crippen molar-refractivity contribution in [1.82, 2.24) is 9.21 Å². The minimum absolute atomic E-state index is 0.0996. The van der Waals surface area contributed by atoms with Crippen LogP contribution in [0.5, 0.6) is 0 Å². The molecule has 0 saturated carbocycles. The summed E-state index contributed by atoms with van der Waals surface area (Å²) in [6.45, 7) is 5.71. The molecule has 3 rings (SSSR count). The zero-order valence-corrected chi connectivity index (χ0v) is 17.4. The molecule has 2 heterocycles. The molecule has 1 aromatic rings. The highest BCUT2D eigenvalue weighted by Crippen LogP contribution is 2.45. The van der Waals surface area contributed by atoms with Gasteiger partial charge in [-0.05, 0) is 57.9 Å². The second-order valence-electron chi connectivity index (χ2n) is 7.93. The fraction of sp³-hybridized carbons (Fsp3) is 0.667. The van der Waals surface area contributed by atoms with Crippen LogP contribution < -0.4 is 0 Å². The molecule has 5 nitrogen and oxygen atoms in total. The van der Waals surface area contributed by atoms with E-state index in [0.29, 0.717) is 6.54 Å². The average Bonchev–Trinajstić information content (AvgIpc) is 2.68. The Morgan fingerprint density at radius 1 is 1.11 bits per heavy atom. The molecule has 2 fully saturated rings. The van der Waals surface area contributed by atoms with E-state index in [9.17, 15) is 13.2 Å². The predicted octanol–water partition coefficient (Wildman–Crippen LogP) is 3.06. The molecule has 0 aromatic heterocycles. The lowest BCUT2D eigenvalue weighted by atomic mass is 9.68. The van der Waals surface area contributed by atoms with Crippen molar-refractivity contribution < 1.29 is 13.2 Å². The summed E-state index contributed by atoms with van der Waals surface area (Å²) in [7, 11) is -3.28. The molecular weight excluding hydrogens is 360 g/mol. The Morgan fingerprint density at radius 3 is 2.44 bits per heavy atom. The van der Waals surface area contributed by atoms with Crippen molar-refractivity contribution in [2.45, 2.75) is 58.4 Å². The third-order valence-electron chi connectivity index (χ3n) is 6.46. The van der Waals surface area contributed by atoms with E-state index in [-0.39, 0.29) is 17.7 Å². The number of benzene rings is 1. The van der Waals surface area contributed by atoms with Gasteiger partial charge in [0.25, 0.3) is 0 Å². The van der Waals surface area contributed by atoms with Crippen molar-refractivity contribution in [3.63, 3.8) is 0 Å². The van der Waals surface area contributed by atoms with Gasteiger partial charge in [-0.25, -0.2) is 8.42 Å². The second-order valence-corrected chi connectivity index (χ2v) is 10.1. The normalized spacial score (nSPS) is 27.3. The Balaban J connectivity index is 1.69. The summed E-state index contributed by atoms with van der Waals surface area (Å²) >= 11 is 0. The van der Waals surface area contributed by atoms with Crippen LogP contribution >= 0.6 is 0 Å². The first-order valence-corrected chi connectivity index (χ1v) is 11.8. The Hall–Kier alpha value is -1.40. The summed E-state index contributed by atoms with van der Waals surface area (Å²) in [5.74, 6) is 0.271. The average molecular weight is 393 g/mol. The molecule has 0 unspecified atom stereocenters. The van der Waals surface area contributed by atoms with Gasteiger partial charge in [-0.3, -0.25) is 4.79 Å². The first-order valence-electron chi connectivity index (χ1n) is 10.2. The number of sulfonamides is 1. The van der Waals surface area contributed by atoms with Gasteiger partial charge in [-0.1, -0.05) is 30.3 Å². The number of carbonyl (C=O) groups excluding carboxylic acids is 1. The van der Waals surface area contributed by atoms with Gasteiger partial charge in [0.2, 0.25) is 15.9 Å². The number of likely N-dealkylation sites (tertiary alicyclic amines) is 1. The zero-order chi connectivity index (χ0) is 19.5. The number of piperidine rings is 2. The van der Waals surface area contributed by atoms with E-state index in [1.807, 2.05) is 30.0 Å². The molecule has 0 radical (unpaired) electrons. The minimum atomic E-state index is -3.28. The molecule has 0 aliphatic carbocycles. The van der Waals surface area contributed by atoms with Crippen molar-refractivity contribution in [2.24, 2.45) is 5.41 Å². The molecule has 0 N–H and O–H groups in total. The second kappa shape index (κ2) is 8.31. The van der Waals surface area contributed by atoms with Gasteiger partial charge in [0, 0.05) is 25.7 Å². The van der Waals surface area contributed by atoms with Crippen LogP contribution in [0.1, 0.15) is 51.5 Å². The topological polar surface area (TPSA) is 57.7 Å². The molecule has 2 aliphatic heterocycles. The van der Waals surface area contributed by atoms with Gasteiger partial charge < -0.3 is 4.90 Å². The standard InChI is InChI=1S/C21H32N2O3S/c1-3-27(25,26)23-17-9-14-21(18(23)2)13-8-16-22(20(21)24)15-7-12-19-10-5-4-6-11-19/h4-6,10-11,18H,3,7-9,12-17H2,1-2H3/t18-,21-/m0/s1. The van der Waals surface area contributed by atoms with Crippen LogP contribution in [0, 0.1) is 5.41 Å². The number of nitrogens with zero attached hydrogens (tertiary/aromatic N) is 2. The van der Waals surface area contributed by atoms with E-state index in [1.54, 1.807) is 11.2 Å². The molecule has 2 saturated heterocycles. The highest BCUT2D eigenvalue weighted by Gasteiger charge is 2.53. The molecule has 1 spiro atoms. The molecule has 27 heavy (non-hydrogen) atoms. The van der Waals surface area contributed by atoms with Gasteiger partial charge in [-0.2, -0.15) is 4.31 Å². The van der Waals surface area contributed by atoms with Crippen LogP contribution in [0.25, 0.3) is 0 Å². The quantitative estimate of drug-likeness (QED) is 0.748. The Morgan fingerprint density at radius 2 is 1.78 bits per heavy atom.